The van der Waals surface area contributed by atoms with Gasteiger partial charge in [-0.05, 0) is 62.5 Å². The summed E-state index contributed by atoms with van der Waals surface area (Å²) in [6.45, 7) is 0.114. The Morgan fingerprint density at radius 3 is 2.19 bits per heavy atom. The normalized spacial score (nSPS) is 13.2. The van der Waals surface area contributed by atoms with Gasteiger partial charge in [-0.15, -0.1) is 0 Å². The van der Waals surface area contributed by atoms with Crippen molar-refractivity contribution in [2.75, 3.05) is 6.61 Å². The molecule has 3 aromatic rings. The number of carbonyl (C=O) groups is 2. The lowest BCUT2D eigenvalue weighted by Crippen LogP contribution is -2.43. The van der Waals surface area contributed by atoms with Gasteiger partial charge in [0, 0.05) is 15.9 Å². The number of hydrogen-bond acceptors (Lipinski definition) is 4. The number of phenolic OH excluding ortho intramolecular Hbond substituents is 1. The van der Waals surface area contributed by atoms with E-state index in [-0.39, 0.29) is 24.7 Å². The van der Waals surface area contributed by atoms with Crippen LogP contribution in [0.3, 0.4) is 0 Å². The molecule has 1 aliphatic carbocycles. The molecule has 4 rings (SSSR count). The maximum Gasteiger partial charge on any atom is 0.407 e. The lowest BCUT2D eigenvalue weighted by Gasteiger charge is -2.18. The Morgan fingerprint density at radius 1 is 1.00 bits per heavy atom. The number of hydrogen-bond donors (Lipinski definition) is 3. The standard InChI is InChI=1S/C24H20INO5/c25-21-12-15(27)10-9-14(21)11-22(23(28)29)26-24(30)31-13-20-18-7-3-1-5-16(18)17-6-2-4-8-19(17)20/h1-10,12,20,22,27H,11,13H2,(H,26,30)(H,28,29)/t22-/m1/s1. The van der Waals surface area contributed by atoms with Crippen LogP contribution in [0.25, 0.3) is 11.1 Å². The number of aliphatic carboxylic acids is 1. The van der Waals surface area contributed by atoms with Gasteiger partial charge in [0.1, 0.15) is 18.4 Å². The maximum atomic E-state index is 12.4. The molecule has 0 saturated carbocycles. The molecule has 1 aliphatic rings. The molecule has 1 amide bonds. The van der Waals surface area contributed by atoms with Gasteiger partial charge in [-0.2, -0.15) is 0 Å². The van der Waals surface area contributed by atoms with Crippen LogP contribution in [0.2, 0.25) is 0 Å². The highest BCUT2D eigenvalue weighted by molar-refractivity contribution is 14.1. The quantitative estimate of drug-likeness (QED) is 0.408. The average Bonchev–Trinajstić information content (AvgIpc) is 3.07. The van der Waals surface area contributed by atoms with Gasteiger partial charge in [0.25, 0.3) is 0 Å². The van der Waals surface area contributed by atoms with Crippen LogP contribution in [0.4, 0.5) is 4.79 Å². The Kier molecular flexibility index (Phi) is 6.13. The van der Waals surface area contributed by atoms with Crippen molar-refractivity contribution in [2.45, 2.75) is 18.4 Å². The van der Waals surface area contributed by atoms with Crippen molar-refractivity contribution in [3.05, 3.63) is 87.0 Å². The minimum absolute atomic E-state index is 0.0814. The topological polar surface area (TPSA) is 95.9 Å². The van der Waals surface area contributed by atoms with Crippen molar-refractivity contribution in [3.63, 3.8) is 0 Å². The molecule has 0 radical (unpaired) electrons. The average molecular weight is 529 g/mol. The van der Waals surface area contributed by atoms with Crippen LogP contribution in [-0.4, -0.2) is 34.9 Å². The number of benzene rings is 3. The lowest BCUT2D eigenvalue weighted by atomic mass is 9.98. The van der Waals surface area contributed by atoms with Gasteiger partial charge < -0.3 is 20.3 Å². The predicted molar refractivity (Wildman–Crippen MR) is 124 cm³/mol. The maximum absolute atomic E-state index is 12.4. The third kappa shape index (κ3) is 4.51. The summed E-state index contributed by atoms with van der Waals surface area (Å²) >= 11 is 2.02. The van der Waals surface area contributed by atoms with Gasteiger partial charge in [0.15, 0.2) is 0 Å². The number of nitrogens with one attached hydrogen (secondary N) is 1. The van der Waals surface area contributed by atoms with Gasteiger partial charge >= 0.3 is 12.1 Å². The fraction of sp³-hybridized carbons (Fsp3) is 0.167. The number of rotatable bonds is 6. The van der Waals surface area contributed by atoms with Gasteiger partial charge in [0.2, 0.25) is 0 Å². The van der Waals surface area contributed by atoms with Gasteiger partial charge in [-0.1, -0.05) is 54.6 Å². The molecule has 0 unspecified atom stereocenters. The number of phenols is 1. The second-order valence-corrected chi connectivity index (χ2v) is 8.50. The summed E-state index contributed by atoms with van der Waals surface area (Å²) in [5, 5.41) is 21.5. The molecular formula is C24H20INO5. The summed E-state index contributed by atoms with van der Waals surface area (Å²) in [5.41, 5.74) is 5.13. The van der Waals surface area contributed by atoms with Gasteiger partial charge in [-0.25, -0.2) is 9.59 Å². The molecule has 0 aliphatic heterocycles. The predicted octanol–water partition coefficient (Wildman–Crippen LogP) is 4.53. The van der Waals surface area contributed by atoms with Crippen LogP contribution in [0.15, 0.2) is 66.7 Å². The number of fused-ring (bicyclic) bond motifs is 3. The largest absolute Gasteiger partial charge is 0.508 e. The molecular weight excluding hydrogens is 509 g/mol. The third-order valence-corrected chi connectivity index (χ3v) is 6.40. The van der Waals surface area contributed by atoms with Crippen molar-refractivity contribution in [1.82, 2.24) is 5.32 Å². The lowest BCUT2D eigenvalue weighted by molar-refractivity contribution is -0.139. The first-order valence-electron chi connectivity index (χ1n) is 9.75. The Morgan fingerprint density at radius 2 is 1.61 bits per heavy atom. The molecule has 3 N–H and O–H groups in total. The third-order valence-electron chi connectivity index (χ3n) is 5.39. The number of carboxylic acids is 1. The second kappa shape index (κ2) is 8.97. The first-order chi connectivity index (χ1) is 14.9. The summed E-state index contributed by atoms with van der Waals surface area (Å²) < 4.78 is 6.17. The molecule has 0 aromatic heterocycles. The molecule has 158 valence electrons. The SMILES string of the molecule is O=C(N[C@H](Cc1ccc(O)cc1I)C(=O)O)OCC1c2ccccc2-c2ccccc21. The van der Waals surface area contributed by atoms with Crippen molar-refractivity contribution in [3.8, 4) is 16.9 Å². The van der Waals surface area contributed by atoms with Crippen molar-refractivity contribution >= 4 is 34.7 Å². The van der Waals surface area contributed by atoms with Crippen LogP contribution in [0.1, 0.15) is 22.6 Å². The highest BCUT2D eigenvalue weighted by Crippen LogP contribution is 2.44. The number of amides is 1. The summed E-state index contributed by atoms with van der Waals surface area (Å²) in [6, 6.07) is 19.5. The van der Waals surface area contributed by atoms with E-state index in [0.717, 1.165) is 25.8 Å². The second-order valence-electron chi connectivity index (χ2n) is 7.34. The van der Waals surface area contributed by atoms with E-state index in [1.807, 2.05) is 71.1 Å². The fourth-order valence-electron chi connectivity index (χ4n) is 3.90. The number of ether oxygens (including phenoxy) is 1. The number of carboxylic acid groups (broad SMARTS) is 1. The molecule has 6 nitrogen and oxygen atoms in total. The van der Waals surface area contributed by atoms with Gasteiger partial charge in [0.05, 0.1) is 0 Å². The molecule has 0 saturated heterocycles. The summed E-state index contributed by atoms with van der Waals surface area (Å²) in [6.07, 6.45) is -0.694. The minimum Gasteiger partial charge on any atom is -0.508 e. The van der Waals surface area contributed by atoms with Crippen LogP contribution in [-0.2, 0) is 16.0 Å². The van der Waals surface area contributed by atoms with Crippen LogP contribution in [0.5, 0.6) is 5.75 Å². The van der Waals surface area contributed by atoms with Crippen LogP contribution in [0, 0.1) is 3.57 Å². The Bertz CT molecular complexity index is 1100. The van der Waals surface area contributed by atoms with E-state index < -0.39 is 18.1 Å². The first-order valence-corrected chi connectivity index (χ1v) is 10.8. The Balaban J connectivity index is 1.44. The Hall–Kier alpha value is -3.07. The zero-order valence-corrected chi connectivity index (χ0v) is 18.6. The molecule has 0 bridgehead atoms. The smallest absolute Gasteiger partial charge is 0.407 e. The monoisotopic (exact) mass is 529 g/mol. The van der Waals surface area contributed by atoms with E-state index in [9.17, 15) is 19.8 Å². The van der Waals surface area contributed by atoms with E-state index in [0.29, 0.717) is 5.56 Å². The molecule has 1 atom stereocenters. The summed E-state index contributed by atoms with van der Waals surface area (Å²) in [7, 11) is 0. The minimum atomic E-state index is -1.16. The summed E-state index contributed by atoms with van der Waals surface area (Å²) in [4.78, 5) is 24.1. The summed E-state index contributed by atoms with van der Waals surface area (Å²) in [5.74, 6) is -1.15. The number of alkyl carbamates (subject to hydrolysis) is 1. The number of halogens is 1. The first kappa shape index (κ1) is 21.2. The zero-order chi connectivity index (χ0) is 22.0. The number of aromatic hydroxyl groups is 1. The Labute approximate surface area is 193 Å². The van der Waals surface area contributed by atoms with Crippen molar-refractivity contribution in [2.24, 2.45) is 0 Å². The fourth-order valence-corrected chi connectivity index (χ4v) is 4.62. The molecule has 31 heavy (non-hydrogen) atoms. The highest BCUT2D eigenvalue weighted by Gasteiger charge is 2.30. The zero-order valence-electron chi connectivity index (χ0n) is 16.4. The van der Waals surface area contributed by atoms with E-state index in [2.05, 4.69) is 5.32 Å². The molecule has 0 heterocycles. The molecule has 3 aromatic carbocycles. The van der Waals surface area contributed by atoms with E-state index in [1.165, 1.54) is 6.07 Å². The molecule has 0 spiro atoms. The highest BCUT2D eigenvalue weighted by atomic mass is 127. The van der Waals surface area contributed by atoms with Crippen LogP contribution >= 0.6 is 22.6 Å². The van der Waals surface area contributed by atoms with Gasteiger partial charge in [-0.3, -0.25) is 0 Å². The molecule has 7 heteroatoms. The van der Waals surface area contributed by atoms with E-state index in [1.54, 1.807) is 12.1 Å². The van der Waals surface area contributed by atoms with Crippen LogP contribution < -0.4 is 5.32 Å². The van der Waals surface area contributed by atoms with E-state index >= 15 is 0 Å². The number of carbonyl (C=O) groups excluding carboxylic acids is 1. The van der Waals surface area contributed by atoms with Crippen molar-refractivity contribution in [1.29, 1.82) is 0 Å². The van der Waals surface area contributed by atoms with E-state index in [4.69, 9.17) is 4.74 Å². The van der Waals surface area contributed by atoms with Crippen molar-refractivity contribution < 1.29 is 24.5 Å². The molecule has 0 fully saturated rings.